The average Bonchev–Trinajstić information content (AvgIpc) is 2.67. The van der Waals surface area contributed by atoms with Gasteiger partial charge >= 0.3 is 5.69 Å². The van der Waals surface area contributed by atoms with Crippen molar-refractivity contribution >= 4 is 11.6 Å². The van der Waals surface area contributed by atoms with E-state index >= 15 is 0 Å². The Hall–Kier alpha value is -1.66. The van der Waals surface area contributed by atoms with E-state index in [9.17, 15) is 24.2 Å². The number of halogens is 2. The van der Waals surface area contributed by atoms with Crippen LogP contribution in [0, 0.1) is 18.2 Å². The largest absolute Gasteiger partial charge is 0.394 e. The zero-order chi connectivity index (χ0) is 16.9. The van der Waals surface area contributed by atoms with Gasteiger partial charge in [-0.15, -0.1) is 6.42 Å². The molecular formula is C11H10ClFN2O5. The molecule has 0 bridgehead atoms. The highest BCUT2D eigenvalue weighted by atomic mass is 35.5. The second-order valence-electron chi connectivity index (χ2n) is 4.04. The minimum atomic E-state index is -3.03. The predicted molar refractivity (Wildman–Crippen MR) is 65.7 cm³/mol. The Morgan fingerprint density at radius 3 is 2.95 bits per heavy atom. The maximum Gasteiger partial charge on any atom is 0.330 e. The van der Waals surface area contributed by atoms with Gasteiger partial charge in [0.1, 0.15) is 12.2 Å². The van der Waals surface area contributed by atoms with Gasteiger partial charge in [0.05, 0.1) is 15.5 Å². The molecule has 20 heavy (non-hydrogen) atoms. The van der Waals surface area contributed by atoms with Gasteiger partial charge in [0, 0.05) is 0 Å². The maximum atomic E-state index is 13.4. The van der Waals surface area contributed by atoms with Crippen LogP contribution < -0.4 is 11.2 Å². The topological polar surface area (TPSA) is 105 Å². The van der Waals surface area contributed by atoms with E-state index in [2.05, 4.69) is 0 Å². The average molecular weight is 307 g/mol. The van der Waals surface area contributed by atoms with Crippen molar-refractivity contribution in [3.63, 3.8) is 0 Å². The van der Waals surface area contributed by atoms with Crippen molar-refractivity contribution in [1.29, 1.82) is 0 Å². The molecule has 1 unspecified atom stereocenters. The molecule has 0 radical (unpaired) electrons. The van der Waals surface area contributed by atoms with Gasteiger partial charge in [-0.05, 0) is 0 Å². The molecular weight excluding hydrogens is 295 g/mol. The number of aliphatic hydroxyl groups is 2. The normalized spacial score (nSPS) is 35.2. The van der Waals surface area contributed by atoms with Crippen LogP contribution in [-0.2, 0) is 4.74 Å². The molecule has 1 aromatic heterocycles. The molecule has 7 nitrogen and oxygen atoms in total. The first kappa shape index (κ1) is 12.1. The summed E-state index contributed by atoms with van der Waals surface area (Å²) in [6, 6.07) is 0. The third kappa shape index (κ3) is 2.05. The lowest BCUT2D eigenvalue weighted by molar-refractivity contribution is -0.0467. The Morgan fingerprint density at radius 2 is 2.40 bits per heavy atom. The lowest BCUT2D eigenvalue weighted by atomic mass is 9.99. The van der Waals surface area contributed by atoms with Crippen LogP contribution in [0.1, 0.15) is 8.97 Å². The highest BCUT2D eigenvalue weighted by molar-refractivity contribution is 6.27. The summed E-state index contributed by atoms with van der Waals surface area (Å²) in [6.45, 7) is -3.03. The van der Waals surface area contributed by atoms with E-state index in [0.29, 0.717) is 10.8 Å². The summed E-state index contributed by atoms with van der Waals surface area (Å²) in [7, 11) is 0. The highest BCUT2D eigenvalue weighted by Crippen LogP contribution is 2.42. The van der Waals surface area contributed by atoms with Gasteiger partial charge in [-0.2, -0.15) is 4.39 Å². The summed E-state index contributed by atoms with van der Waals surface area (Å²) >= 11 is 6.01. The molecule has 0 spiro atoms. The van der Waals surface area contributed by atoms with E-state index in [1.165, 1.54) is 0 Å². The first-order chi connectivity index (χ1) is 10.0. The number of hydrogen-bond donors (Lipinski definition) is 3. The van der Waals surface area contributed by atoms with E-state index in [-0.39, 0.29) is 0 Å². The molecule has 1 aliphatic heterocycles. The molecule has 2 heterocycles. The summed E-state index contributed by atoms with van der Waals surface area (Å²) in [5, 5.41) is 19.4. The molecule has 9 heteroatoms. The Bertz CT molecular complexity index is 755. The maximum absolute atomic E-state index is 13.4. The molecule has 2 rings (SSSR count). The smallest absolute Gasteiger partial charge is 0.330 e. The van der Waals surface area contributed by atoms with Crippen LogP contribution in [0.5, 0.6) is 0 Å². The number of aromatic nitrogens is 2. The molecule has 4 atom stereocenters. The van der Waals surface area contributed by atoms with E-state index in [0.717, 1.165) is 0 Å². The van der Waals surface area contributed by atoms with Crippen molar-refractivity contribution in [2.75, 3.05) is 6.56 Å². The fraction of sp³-hybridized carbons (Fsp3) is 0.455. The summed E-state index contributed by atoms with van der Waals surface area (Å²) in [5.41, 5.74) is -2.42. The van der Waals surface area contributed by atoms with Gasteiger partial charge in [0.25, 0.3) is 5.56 Å². The van der Waals surface area contributed by atoms with Crippen LogP contribution in [0.2, 0.25) is 0 Å². The van der Waals surface area contributed by atoms with Crippen molar-refractivity contribution in [3.05, 3.63) is 32.9 Å². The molecule has 108 valence electrons. The first-order valence-corrected chi connectivity index (χ1v) is 5.63. The minimum absolute atomic E-state index is 0.461. The third-order valence-corrected chi connectivity index (χ3v) is 3.40. The van der Waals surface area contributed by atoms with Crippen LogP contribution in [0.3, 0.4) is 0 Å². The van der Waals surface area contributed by atoms with Crippen LogP contribution >= 0.6 is 11.6 Å². The molecule has 1 aromatic rings. The molecule has 0 aliphatic carbocycles. The van der Waals surface area contributed by atoms with E-state index in [1.54, 1.807) is 4.98 Å². The number of nitrogens with one attached hydrogen (secondary N) is 1. The number of rotatable bonds is 2. The molecule has 0 saturated carbocycles. The number of ether oxygens (including phenoxy) is 1. The fourth-order valence-corrected chi connectivity index (χ4v) is 2.11. The number of H-pyrrole nitrogens is 1. The Balaban J connectivity index is 2.60. The van der Waals surface area contributed by atoms with Crippen molar-refractivity contribution in [2.45, 2.75) is 23.3 Å². The fourth-order valence-electron chi connectivity index (χ4n) is 1.84. The standard InChI is InChI=1S/C11H10ClFN2O5/c1-2-11(12)7(17)6(4-16)20-9(11)15-3-5(13)8(18)14-10(15)19/h1,3,6-7,9,16-17H,4H2,(H,14,18,19)/t6-,7+,9-,11?/m1/s1/i4D2. The molecule has 1 aliphatic rings. The zero-order valence-corrected chi connectivity index (χ0v) is 10.5. The SMILES string of the molecule is [2H]C([2H])(O)[C@H]1O[C@@H](n2cc(F)c(=O)[nH]c2=O)C(Cl)(C#C)[C@H]1O. The Kier molecular flexibility index (Phi) is 3.05. The van der Waals surface area contributed by atoms with E-state index in [1.807, 2.05) is 5.92 Å². The molecule has 0 aromatic carbocycles. The highest BCUT2D eigenvalue weighted by Gasteiger charge is 2.55. The second kappa shape index (κ2) is 5.03. The number of aromatic amines is 1. The van der Waals surface area contributed by atoms with Gasteiger partial charge in [0.15, 0.2) is 11.1 Å². The summed E-state index contributed by atoms with van der Waals surface area (Å²) in [5.74, 6) is 0.597. The van der Waals surface area contributed by atoms with E-state index in [4.69, 9.17) is 25.5 Å². The van der Waals surface area contributed by atoms with E-state index < -0.39 is 46.9 Å². The number of aliphatic hydroxyl groups excluding tert-OH is 1. The lowest BCUT2D eigenvalue weighted by Crippen LogP contribution is -2.44. The lowest BCUT2D eigenvalue weighted by Gasteiger charge is -2.25. The van der Waals surface area contributed by atoms with Crippen molar-refractivity contribution in [1.82, 2.24) is 9.55 Å². The number of nitrogens with zero attached hydrogens (tertiary/aromatic N) is 1. The monoisotopic (exact) mass is 306 g/mol. The van der Waals surface area contributed by atoms with Crippen LogP contribution in [0.25, 0.3) is 0 Å². The predicted octanol–water partition coefficient (Wildman–Crippen LogP) is -1.46. The quantitative estimate of drug-likeness (QED) is 0.457. The summed E-state index contributed by atoms with van der Waals surface area (Å²) < 4.78 is 33.2. The van der Waals surface area contributed by atoms with Crippen LogP contribution in [0.15, 0.2) is 15.8 Å². The van der Waals surface area contributed by atoms with Gasteiger partial charge in [0.2, 0.25) is 5.82 Å². The molecule has 1 fully saturated rings. The van der Waals surface area contributed by atoms with Gasteiger partial charge < -0.3 is 14.9 Å². The van der Waals surface area contributed by atoms with Crippen LogP contribution in [0.4, 0.5) is 4.39 Å². The third-order valence-electron chi connectivity index (χ3n) is 2.88. The molecule has 1 saturated heterocycles. The minimum Gasteiger partial charge on any atom is -0.394 e. The number of alkyl halides is 1. The van der Waals surface area contributed by atoms with Crippen molar-refractivity contribution in [3.8, 4) is 12.3 Å². The Labute approximate surface area is 119 Å². The summed E-state index contributed by atoms with van der Waals surface area (Å²) in [6.07, 6.45) is 0.135. The van der Waals surface area contributed by atoms with Crippen molar-refractivity contribution in [2.24, 2.45) is 0 Å². The number of terminal acetylenes is 1. The van der Waals surface area contributed by atoms with Crippen molar-refractivity contribution < 1.29 is 22.1 Å². The second-order valence-corrected chi connectivity index (χ2v) is 4.66. The van der Waals surface area contributed by atoms with Gasteiger partial charge in [-0.25, -0.2) is 4.79 Å². The van der Waals surface area contributed by atoms with Gasteiger partial charge in [-0.1, -0.05) is 17.5 Å². The summed E-state index contributed by atoms with van der Waals surface area (Å²) in [4.78, 5) is 22.2. The molecule has 0 amide bonds. The zero-order valence-electron chi connectivity index (χ0n) is 11.7. The number of hydrogen-bond acceptors (Lipinski definition) is 5. The first-order valence-electron chi connectivity index (χ1n) is 6.26. The molecule has 3 N–H and O–H groups in total. The van der Waals surface area contributed by atoms with Crippen LogP contribution in [-0.4, -0.2) is 43.4 Å². The van der Waals surface area contributed by atoms with Gasteiger partial charge in [-0.3, -0.25) is 14.3 Å². The Morgan fingerprint density at radius 1 is 1.75 bits per heavy atom.